The molecular weight excluding hydrogens is 431 g/mol. The normalized spacial score (nSPS) is 23.5. The van der Waals surface area contributed by atoms with Crippen molar-refractivity contribution in [3.63, 3.8) is 0 Å². The number of halogens is 2. The standard InChI is InChI=1S/C21H33SSi.2ClH.Ti/c1-19(2,3)18-15-11-12-16-21(18,22-23(6,7)8)20(4,5)17-13-9-10-14-17;;;/h9,11-13,15H,10,16H2,1-8H3;2*1H;/q;;;+2/p-2. The van der Waals surface area contributed by atoms with E-state index in [4.69, 9.17) is 0 Å². The monoisotopic (exact) mass is 463 g/mol. The molecule has 0 spiro atoms. The van der Waals surface area contributed by atoms with Gasteiger partial charge in [0, 0.05) is 0 Å². The van der Waals surface area contributed by atoms with Crippen LogP contribution in [-0.2, 0) is 20.4 Å². The van der Waals surface area contributed by atoms with Gasteiger partial charge >= 0.3 is 167 Å². The van der Waals surface area contributed by atoms with Gasteiger partial charge in [-0.05, 0) is 0 Å². The molecule has 26 heavy (non-hydrogen) atoms. The molecule has 0 nitrogen and oxygen atoms in total. The van der Waals surface area contributed by atoms with Gasteiger partial charge in [-0.15, -0.1) is 0 Å². The van der Waals surface area contributed by atoms with Gasteiger partial charge < -0.3 is 24.8 Å². The molecule has 0 bridgehead atoms. The fourth-order valence-electron chi connectivity index (χ4n) is 4.15. The van der Waals surface area contributed by atoms with Crippen LogP contribution in [0, 0.1) is 10.8 Å². The first kappa shape index (κ1) is 26.8. The van der Waals surface area contributed by atoms with Gasteiger partial charge in [-0.3, -0.25) is 0 Å². The van der Waals surface area contributed by atoms with E-state index in [1.54, 1.807) is 15.0 Å². The molecule has 2 aliphatic carbocycles. The molecular formula is C21H33Cl2SSiTi. The molecule has 0 saturated carbocycles. The Labute approximate surface area is 190 Å². The zero-order valence-electron chi connectivity index (χ0n) is 17.5. The second-order valence-corrected chi connectivity index (χ2v) is 20.0. The van der Waals surface area contributed by atoms with Crippen LogP contribution in [0.3, 0.4) is 0 Å². The van der Waals surface area contributed by atoms with Crippen molar-refractivity contribution in [2.75, 3.05) is 0 Å². The first-order valence-electron chi connectivity index (χ1n) is 9.01. The van der Waals surface area contributed by atoms with Crippen molar-refractivity contribution in [2.24, 2.45) is 10.8 Å². The van der Waals surface area contributed by atoms with Gasteiger partial charge in [0.25, 0.3) is 0 Å². The molecule has 0 radical (unpaired) electrons. The predicted molar refractivity (Wildman–Crippen MR) is 110 cm³/mol. The molecule has 1 atom stereocenters. The van der Waals surface area contributed by atoms with Gasteiger partial charge in [0.15, 0.2) is 0 Å². The Morgan fingerprint density at radius 3 is 2.04 bits per heavy atom. The van der Waals surface area contributed by atoms with Crippen LogP contribution in [0.2, 0.25) is 19.6 Å². The zero-order valence-corrected chi connectivity index (χ0v) is 22.4. The van der Waals surface area contributed by atoms with E-state index in [1.165, 1.54) is 0 Å². The van der Waals surface area contributed by atoms with Crippen molar-refractivity contribution in [1.82, 2.24) is 0 Å². The smallest absolute Gasteiger partial charge is 1.00 e. The minimum absolute atomic E-state index is 0. The average molecular weight is 464 g/mol. The van der Waals surface area contributed by atoms with Crippen LogP contribution in [0.25, 0.3) is 0 Å². The summed E-state index contributed by atoms with van der Waals surface area (Å²) >= 11 is 4.63. The molecule has 145 valence electrons. The molecule has 0 heterocycles. The second-order valence-electron chi connectivity index (χ2n) is 9.63. The molecule has 0 fully saturated rings. The third-order valence-corrected chi connectivity index (χ3v) is 10.6. The van der Waals surface area contributed by atoms with E-state index >= 15 is 0 Å². The number of hydrogen-bond acceptors (Lipinski definition) is 1. The topological polar surface area (TPSA) is 0 Å². The van der Waals surface area contributed by atoms with Crippen molar-refractivity contribution < 1.29 is 45.2 Å². The van der Waals surface area contributed by atoms with E-state index in [1.807, 2.05) is 0 Å². The summed E-state index contributed by atoms with van der Waals surface area (Å²) in [6.45, 7) is 19.7. The summed E-state index contributed by atoms with van der Waals surface area (Å²) in [5.74, 6) is 0. The molecule has 5 heteroatoms. The van der Waals surface area contributed by atoms with Crippen molar-refractivity contribution in [3.05, 3.63) is 45.4 Å². The third kappa shape index (κ3) is 5.24. The fourth-order valence-corrected chi connectivity index (χ4v) is 11.5. The summed E-state index contributed by atoms with van der Waals surface area (Å²) in [5, 5.41) is 0. The van der Waals surface area contributed by atoms with E-state index < -0.39 is 7.22 Å². The maximum Gasteiger partial charge on any atom is -1.00 e. The van der Waals surface area contributed by atoms with Crippen LogP contribution in [0.5, 0.6) is 0 Å². The van der Waals surface area contributed by atoms with Crippen molar-refractivity contribution in [3.8, 4) is 0 Å². The Kier molecular flexibility index (Phi) is 9.38. The van der Waals surface area contributed by atoms with E-state index in [9.17, 15) is 0 Å². The summed E-state index contributed by atoms with van der Waals surface area (Å²) in [6.07, 6.45) is 14.1. The van der Waals surface area contributed by atoms with Crippen molar-refractivity contribution >= 4 is 18.4 Å². The zero-order chi connectivity index (χ0) is 18.4. The van der Waals surface area contributed by atoms with Gasteiger partial charge in [0.1, 0.15) is 0 Å². The Hall–Kier alpha value is 0.821. The van der Waals surface area contributed by atoms with Crippen LogP contribution in [0.1, 0.15) is 47.5 Å². The van der Waals surface area contributed by atoms with Gasteiger partial charge in [0.05, 0.1) is 0 Å². The minimum atomic E-state index is -1.33. The number of hydrogen-bond donors (Lipinski definition) is 0. The van der Waals surface area contributed by atoms with Gasteiger partial charge in [0.2, 0.25) is 0 Å². The first-order valence-corrected chi connectivity index (χ1v) is 14.8. The average Bonchev–Trinajstić information content (AvgIpc) is 2.82. The third-order valence-electron chi connectivity index (χ3n) is 5.14. The summed E-state index contributed by atoms with van der Waals surface area (Å²) in [6, 6.07) is 0. The van der Waals surface area contributed by atoms with Crippen LogP contribution >= 0.6 is 11.2 Å². The van der Waals surface area contributed by atoms with Crippen LogP contribution in [0.15, 0.2) is 45.4 Å². The van der Waals surface area contributed by atoms with E-state index in [-0.39, 0.29) is 40.4 Å². The molecule has 0 saturated heterocycles. The van der Waals surface area contributed by atoms with E-state index in [0.717, 1.165) is 12.8 Å². The van der Waals surface area contributed by atoms with E-state index in [2.05, 4.69) is 116 Å². The summed E-state index contributed by atoms with van der Waals surface area (Å²) in [4.78, 5) is 0. The number of allylic oxidation sites excluding steroid dienone is 7. The Morgan fingerprint density at radius 1 is 1.04 bits per heavy atom. The molecule has 1 unspecified atom stereocenters. The van der Waals surface area contributed by atoms with Crippen LogP contribution < -0.4 is 24.8 Å². The Balaban J connectivity index is 0.00000312. The summed E-state index contributed by atoms with van der Waals surface area (Å²) < 4.78 is 1.70. The predicted octanol–water partition coefficient (Wildman–Crippen LogP) is 1.02. The number of rotatable bonds is 4. The van der Waals surface area contributed by atoms with Gasteiger partial charge in [-0.25, -0.2) is 0 Å². The van der Waals surface area contributed by atoms with Crippen LogP contribution in [-0.4, -0.2) is 12.0 Å². The first-order chi connectivity index (χ1) is 10.8. The maximum atomic E-state index is 2.50. The van der Waals surface area contributed by atoms with Crippen molar-refractivity contribution in [1.29, 1.82) is 0 Å². The molecule has 0 aromatic carbocycles. The quantitative estimate of drug-likeness (QED) is 0.561. The van der Waals surface area contributed by atoms with Gasteiger partial charge in [-0.2, -0.15) is 0 Å². The van der Waals surface area contributed by atoms with Crippen LogP contribution in [0.4, 0.5) is 0 Å². The fraction of sp³-hybridized carbons (Fsp3) is 0.619. The maximum absolute atomic E-state index is 2.50. The molecule has 0 aromatic rings. The summed E-state index contributed by atoms with van der Waals surface area (Å²) in [5.41, 5.74) is 3.50. The molecule has 2 aliphatic rings. The second kappa shape index (κ2) is 9.10. The SMILES string of the molecule is CC(C)(C)C1=CC=CCC1(S[Si](C)(C)C)C(C)(C)C1=[C]([Ti+2])CC=C1.[Cl-].[Cl-]. The summed E-state index contributed by atoms with van der Waals surface area (Å²) in [7, 11) is -1.33. The molecule has 0 aromatic heterocycles. The molecule has 2 rings (SSSR count). The van der Waals surface area contributed by atoms with E-state index in [0.29, 0.717) is 0 Å². The molecule has 0 N–H and O–H groups in total. The van der Waals surface area contributed by atoms with Crippen molar-refractivity contribution in [2.45, 2.75) is 71.8 Å². The molecule has 0 amide bonds. The minimum Gasteiger partial charge on any atom is -1.00 e. The largest absolute Gasteiger partial charge is 1.00 e. The Morgan fingerprint density at radius 2 is 1.62 bits per heavy atom. The van der Waals surface area contributed by atoms with Gasteiger partial charge in [-0.1, -0.05) is 0 Å². The molecule has 0 aliphatic heterocycles. The Bertz CT molecular complexity index is 633.